The van der Waals surface area contributed by atoms with E-state index in [-0.39, 0.29) is 6.10 Å². The van der Waals surface area contributed by atoms with Crippen molar-refractivity contribution in [3.8, 4) is 0 Å². The van der Waals surface area contributed by atoms with Crippen molar-refractivity contribution in [1.29, 1.82) is 0 Å². The van der Waals surface area contributed by atoms with E-state index >= 15 is 0 Å². The first-order chi connectivity index (χ1) is 16.2. The van der Waals surface area contributed by atoms with E-state index in [4.69, 9.17) is 5.73 Å². The van der Waals surface area contributed by atoms with E-state index in [2.05, 4.69) is 39.9 Å². The van der Waals surface area contributed by atoms with Crippen molar-refractivity contribution in [1.82, 2.24) is 5.32 Å². The lowest BCUT2D eigenvalue weighted by Gasteiger charge is -2.63. The van der Waals surface area contributed by atoms with E-state index < -0.39 is 0 Å². The van der Waals surface area contributed by atoms with E-state index in [1.165, 1.54) is 64.2 Å². The Balaban J connectivity index is 1.50. The van der Waals surface area contributed by atoms with Crippen LogP contribution in [0.2, 0.25) is 0 Å². The van der Waals surface area contributed by atoms with Gasteiger partial charge >= 0.3 is 0 Å². The van der Waals surface area contributed by atoms with Crippen molar-refractivity contribution < 1.29 is 5.11 Å². The summed E-state index contributed by atoms with van der Waals surface area (Å²) in [6.45, 7) is 14.6. The lowest BCUT2D eigenvalue weighted by Crippen LogP contribution is -2.61. The first-order valence-electron chi connectivity index (χ1n) is 15.3. The van der Waals surface area contributed by atoms with Crippen LogP contribution in [0.25, 0.3) is 0 Å². The van der Waals surface area contributed by atoms with E-state index in [1.54, 1.807) is 0 Å². The molecule has 3 heteroatoms. The highest BCUT2D eigenvalue weighted by Crippen LogP contribution is 2.68. The summed E-state index contributed by atoms with van der Waals surface area (Å²) in [5, 5.41) is 14.7. The van der Waals surface area contributed by atoms with Gasteiger partial charge in [0.1, 0.15) is 0 Å². The molecule has 0 aromatic heterocycles. The Bertz CT molecular complexity index is 651. The van der Waals surface area contributed by atoms with Gasteiger partial charge in [-0.1, -0.05) is 53.9 Å². The molecule has 0 amide bonds. The molecule has 0 aromatic rings. The average Bonchev–Trinajstić information content (AvgIpc) is 3.14. The van der Waals surface area contributed by atoms with Gasteiger partial charge in [0.15, 0.2) is 0 Å². The van der Waals surface area contributed by atoms with E-state index in [0.717, 1.165) is 67.9 Å². The highest BCUT2D eigenvalue weighted by molar-refractivity contribution is 5.12. The number of fused-ring (bicyclic) bond motifs is 5. The summed E-state index contributed by atoms with van der Waals surface area (Å²) in [4.78, 5) is 0. The molecule has 10 atom stereocenters. The van der Waals surface area contributed by atoms with Crippen LogP contribution in [-0.4, -0.2) is 30.3 Å². The summed E-state index contributed by atoms with van der Waals surface area (Å²) in [5.74, 6) is 5.98. The van der Waals surface area contributed by atoms with Crippen molar-refractivity contribution in [2.45, 2.75) is 130 Å². The van der Waals surface area contributed by atoms with Gasteiger partial charge in [-0.15, -0.1) is 0 Å². The molecule has 0 saturated heterocycles. The summed E-state index contributed by atoms with van der Waals surface area (Å²) in [5.41, 5.74) is 6.74. The predicted molar refractivity (Wildman–Crippen MR) is 145 cm³/mol. The fourth-order valence-corrected chi connectivity index (χ4v) is 10.1. The number of hydrogen-bond donors (Lipinski definition) is 3. The zero-order valence-corrected chi connectivity index (χ0v) is 23.3. The van der Waals surface area contributed by atoms with Gasteiger partial charge in [-0.25, -0.2) is 0 Å². The summed E-state index contributed by atoms with van der Waals surface area (Å²) in [6, 6.07) is 0.587. The van der Waals surface area contributed by atoms with E-state index in [1.807, 2.05) is 0 Å². The van der Waals surface area contributed by atoms with Crippen LogP contribution in [0.1, 0.15) is 118 Å². The summed E-state index contributed by atoms with van der Waals surface area (Å²) in [7, 11) is 0. The van der Waals surface area contributed by atoms with E-state index in [9.17, 15) is 5.11 Å². The number of aliphatic hydroxyl groups is 1. The third-order valence-corrected chi connectivity index (χ3v) is 11.9. The van der Waals surface area contributed by atoms with Crippen molar-refractivity contribution in [3.63, 3.8) is 0 Å². The molecule has 4 aliphatic rings. The second kappa shape index (κ2) is 11.1. The fourth-order valence-electron chi connectivity index (χ4n) is 10.1. The van der Waals surface area contributed by atoms with Gasteiger partial charge in [0, 0.05) is 6.04 Å². The lowest BCUT2D eigenvalue weighted by atomic mass is 9.43. The smallest absolute Gasteiger partial charge is 0.0543 e. The third kappa shape index (κ3) is 5.14. The van der Waals surface area contributed by atoms with Gasteiger partial charge in [0.05, 0.1) is 6.10 Å². The van der Waals surface area contributed by atoms with Gasteiger partial charge in [-0.3, -0.25) is 0 Å². The number of rotatable bonds is 10. The zero-order valence-electron chi connectivity index (χ0n) is 23.3. The van der Waals surface area contributed by atoms with Gasteiger partial charge < -0.3 is 16.2 Å². The molecular formula is C31H58N2O. The van der Waals surface area contributed by atoms with Gasteiger partial charge in [0.25, 0.3) is 0 Å². The Kier molecular flexibility index (Phi) is 8.79. The lowest BCUT2D eigenvalue weighted by molar-refractivity contribution is -0.141. The molecule has 0 heterocycles. The Morgan fingerprint density at radius 3 is 2.32 bits per heavy atom. The molecule has 0 aromatic carbocycles. The summed E-state index contributed by atoms with van der Waals surface area (Å²) < 4.78 is 0. The second-order valence-electron chi connectivity index (χ2n) is 14.2. The maximum atomic E-state index is 10.6. The van der Waals surface area contributed by atoms with Crippen molar-refractivity contribution in [3.05, 3.63) is 0 Å². The first-order valence-corrected chi connectivity index (χ1v) is 15.3. The van der Waals surface area contributed by atoms with Crippen molar-refractivity contribution in [2.24, 2.45) is 58.0 Å². The zero-order chi connectivity index (χ0) is 24.5. The second-order valence-corrected chi connectivity index (χ2v) is 14.2. The Morgan fingerprint density at radius 1 is 0.853 bits per heavy atom. The molecule has 0 aliphatic heterocycles. The molecule has 4 fully saturated rings. The molecule has 0 radical (unpaired) electrons. The highest BCUT2D eigenvalue weighted by atomic mass is 16.3. The molecule has 4 aliphatic carbocycles. The molecule has 198 valence electrons. The molecule has 0 spiro atoms. The Hall–Kier alpha value is -0.120. The van der Waals surface area contributed by atoms with Crippen LogP contribution in [0.5, 0.6) is 0 Å². The maximum absolute atomic E-state index is 10.6. The molecule has 4 saturated carbocycles. The summed E-state index contributed by atoms with van der Waals surface area (Å²) in [6.07, 6.45) is 16.9. The molecule has 0 bridgehead atoms. The minimum atomic E-state index is -0.0839. The molecule has 34 heavy (non-hydrogen) atoms. The van der Waals surface area contributed by atoms with Crippen LogP contribution in [0, 0.1) is 52.3 Å². The van der Waals surface area contributed by atoms with Crippen molar-refractivity contribution >= 4 is 0 Å². The van der Waals surface area contributed by atoms with Crippen LogP contribution < -0.4 is 11.1 Å². The number of unbranched alkanes of at least 4 members (excludes halogenated alkanes) is 1. The molecular weight excluding hydrogens is 416 g/mol. The topological polar surface area (TPSA) is 58.3 Å². The largest absolute Gasteiger partial charge is 0.393 e. The van der Waals surface area contributed by atoms with Crippen LogP contribution in [0.15, 0.2) is 0 Å². The molecule has 4 N–H and O–H groups in total. The molecule has 4 unspecified atom stereocenters. The number of hydrogen-bond acceptors (Lipinski definition) is 3. The quantitative estimate of drug-likeness (QED) is 0.306. The van der Waals surface area contributed by atoms with Crippen LogP contribution in [-0.2, 0) is 0 Å². The monoisotopic (exact) mass is 474 g/mol. The van der Waals surface area contributed by atoms with Gasteiger partial charge in [0.2, 0.25) is 0 Å². The van der Waals surface area contributed by atoms with E-state index in [0.29, 0.717) is 22.8 Å². The normalized spacial score (nSPS) is 45.0. The van der Waals surface area contributed by atoms with Gasteiger partial charge in [-0.2, -0.15) is 0 Å². The Labute approximate surface area is 211 Å². The SMILES string of the molecule is CC(C)CCC[C@@H](C)[C@H]1CCC2C3C[C@@H](NCCCCN)C4C[C@@H](O)CC[C@]4(C)C3CC[C@@]21C. The number of nitrogens with one attached hydrogen (secondary N) is 1. The van der Waals surface area contributed by atoms with Crippen LogP contribution in [0.4, 0.5) is 0 Å². The standard InChI is InChI=1S/C31H58N2O/c1-21(2)9-8-10-22(3)25-11-12-26-24-20-29(33-18-7-6-17-32)28-19-23(34)13-15-31(28,5)27(24)14-16-30(25,26)4/h21-29,33-34H,6-20,32H2,1-5H3/t22-,23+,24?,25-,26?,27?,28?,29-,30-,31-/m1/s1. The van der Waals surface area contributed by atoms with Crippen LogP contribution >= 0.6 is 0 Å². The number of aliphatic hydroxyl groups excluding tert-OH is 1. The van der Waals surface area contributed by atoms with Crippen molar-refractivity contribution in [2.75, 3.05) is 13.1 Å². The third-order valence-electron chi connectivity index (χ3n) is 11.9. The average molecular weight is 475 g/mol. The van der Waals surface area contributed by atoms with Gasteiger partial charge in [-0.05, 0) is 130 Å². The predicted octanol–water partition coefficient (Wildman–Crippen LogP) is 6.78. The highest BCUT2D eigenvalue weighted by Gasteiger charge is 2.62. The number of nitrogens with two attached hydrogens (primary N) is 1. The van der Waals surface area contributed by atoms with Crippen LogP contribution in [0.3, 0.4) is 0 Å². The minimum Gasteiger partial charge on any atom is -0.393 e. The molecule has 4 rings (SSSR count). The molecule has 3 nitrogen and oxygen atoms in total. The fraction of sp³-hybridized carbons (Fsp3) is 1.00. The summed E-state index contributed by atoms with van der Waals surface area (Å²) >= 11 is 0. The Morgan fingerprint density at radius 2 is 1.59 bits per heavy atom. The minimum absolute atomic E-state index is 0.0839. The maximum Gasteiger partial charge on any atom is 0.0543 e. The first kappa shape index (κ1) is 26.9.